The van der Waals surface area contributed by atoms with Gasteiger partial charge in [0, 0.05) is 13.1 Å². The van der Waals surface area contributed by atoms with Crippen molar-refractivity contribution in [2.24, 2.45) is 4.99 Å². The number of halogens is 1. The Hall–Kier alpha value is -3.09. The highest BCUT2D eigenvalue weighted by Crippen LogP contribution is 2.21. The molecule has 2 N–H and O–H groups in total. The highest BCUT2D eigenvalue weighted by molar-refractivity contribution is 5.92. The van der Waals surface area contributed by atoms with Gasteiger partial charge in [-0.3, -0.25) is 0 Å². The number of rotatable bonds is 8. The van der Waals surface area contributed by atoms with E-state index < -0.39 is 5.97 Å². The third-order valence-corrected chi connectivity index (χ3v) is 4.08. The molecule has 2 aromatic rings. The monoisotopic (exact) mass is 387 g/mol. The Labute approximate surface area is 164 Å². The van der Waals surface area contributed by atoms with E-state index in [0.717, 1.165) is 5.56 Å². The Morgan fingerprint density at radius 1 is 1.14 bits per heavy atom. The van der Waals surface area contributed by atoms with Crippen molar-refractivity contribution in [3.8, 4) is 5.75 Å². The standard InChI is InChI=1S/C21H26FN3O3/c1-4-23-21(24-12-11-16-7-5-6-8-18(16)22)25-14-15-9-10-19(27-2)17(13-15)20(26)28-3/h5-10,13H,4,11-12,14H2,1-3H3,(H2,23,24,25). The second kappa shape index (κ2) is 10.9. The highest BCUT2D eigenvalue weighted by Gasteiger charge is 2.13. The van der Waals surface area contributed by atoms with Gasteiger partial charge in [0.2, 0.25) is 0 Å². The Kier molecular flexibility index (Phi) is 8.27. The van der Waals surface area contributed by atoms with Crippen molar-refractivity contribution < 1.29 is 18.7 Å². The van der Waals surface area contributed by atoms with Crippen LogP contribution in [0.3, 0.4) is 0 Å². The summed E-state index contributed by atoms with van der Waals surface area (Å²) in [6, 6.07) is 12.0. The topological polar surface area (TPSA) is 72.0 Å². The molecule has 0 unspecified atom stereocenters. The summed E-state index contributed by atoms with van der Waals surface area (Å²) < 4.78 is 23.7. The van der Waals surface area contributed by atoms with Crippen molar-refractivity contribution in [1.29, 1.82) is 0 Å². The zero-order valence-corrected chi connectivity index (χ0v) is 16.4. The van der Waals surface area contributed by atoms with Crippen molar-refractivity contribution in [2.75, 3.05) is 27.3 Å². The highest BCUT2D eigenvalue weighted by atomic mass is 19.1. The SMILES string of the molecule is CCNC(=NCc1ccc(OC)c(C(=O)OC)c1)NCCc1ccccc1F. The van der Waals surface area contributed by atoms with Gasteiger partial charge in [-0.15, -0.1) is 0 Å². The summed E-state index contributed by atoms with van der Waals surface area (Å²) >= 11 is 0. The fraction of sp³-hybridized carbons (Fsp3) is 0.333. The number of guanidine groups is 1. The van der Waals surface area contributed by atoms with E-state index in [4.69, 9.17) is 9.47 Å². The number of nitrogens with zero attached hydrogens (tertiary/aromatic N) is 1. The van der Waals surface area contributed by atoms with Crippen LogP contribution in [0.1, 0.15) is 28.4 Å². The molecule has 0 fully saturated rings. The minimum Gasteiger partial charge on any atom is -0.496 e. The molecule has 6 nitrogen and oxygen atoms in total. The summed E-state index contributed by atoms with van der Waals surface area (Å²) in [5.74, 6) is 0.404. The van der Waals surface area contributed by atoms with E-state index in [1.165, 1.54) is 20.3 Å². The first-order chi connectivity index (χ1) is 13.6. The van der Waals surface area contributed by atoms with Gasteiger partial charge in [-0.1, -0.05) is 24.3 Å². The van der Waals surface area contributed by atoms with Crippen LogP contribution in [0.15, 0.2) is 47.5 Å². The summed E-state index contributed by atoms with van der Waals surface area (Å²) in [4.78, 5) is 16.4. The molecular weight excluding hydrogens is 361 g/mol. The first-order valence-corrected chi connectivity index (χ1v) is 9.09. The number of esters is 1. The van der Waals surface area contributed by atoms with Gasteiger partial charge in [0.25, 0.3) is 0 Å². The van der Waals surface area contributed by atoms with E-state index in [9.17, 15) is 9.18 Å². The van der Waals surface area contributed by atoms with Gasteiger partial charge in [-0.2, -0.15) is 0 Å². The first-order valence-electron chi connectivity index (χ1n) is 9.09. The van der Waals surface area contributed by atoms with Crippen LogP contribution in [0.4, 0.5) is 4.39 Å². The lowest BCUT2D eigenvalue weighted by atomic mass is 10.1. The van der Waals surface area contributed by atoms with Crippen molar-refractivity contribution >= 4 is 11.9 Å². The second-order valence-corrected chi connectivity index (χ2v) is 5.99. The maximum absolute atomic E-state index is 13.7. The van der Waals surface area contributed by atoms with E-state index in [-0.39, 0.29) is 5.82 Å². The molecule has 0 aliphatic rings. The molecule has 0 saturated heterocycles. The maximum Gasteiger partial charge on any atom is 0.341 e. The van der Waals surface area contributed by atoms with E-state index >= 15 is 0 Å². The number of ether oxygens (including phenoxy) is 2. The molecule has 0 atom stereocenters. The molecule has 2 aromatic carbocycles. The molecule has 0 aliphatic carbocycles. The van der Waals surface area contributed by atoms with Crippen LogP contribution < -0.4 is 15.4 Å². The zero-order valence-electron chi connectivity index (χ0n) is 16.4. The summed E-state index contributed by atoms with van der Waals surface area (Å²) in [7, 11) is 2.83. The van der Waals surface area contributed by atoms with E-state index in [1.54, 1.807) is 24.3 Å². The number of carbonyl (C=O) groups is 1. The van der Waals surface area contributed by atoms with Crippen molar-refractivity contribution in [2.45, 2.75) is 19.9 Å². The van der Waals surface area contributed by atoms with Gasteiger partial charge in [-0.05, 0) is 42.7 Å². The number of aliphatic imine (C=N–C) groups is 1. The second-order valence-electron chi connectivity index (χ2n) is 5.99. The molecule has 0 bridgehead atoms. The molecule has 0 saturated carbocycles. The lowest BCUT2D eigenvalue weighted by Crippen LogP contribution is -2.38. The molecule has 0 radical (unpaired) electrons. The lowest BCUT2D eigenvalue weighted by Gasteiger charge is -2.12. The van der Waals surface area contributed by atoms with Gasteiger partial charge in [0.1, 0.15) is 17.1 Å². The molecule has 7 heteroatoms. The number of carbonyl (C=O) groups excluding carboxylic acids is 1. The Morgan fingerprint density at radius 3 is 2.61 bits per heavy atom. The summed E-state index contributed by atoms with van der Waals surface area (Å²) in [5.41, 5.74) is 1.85. The molecule has 150 valence electrons. The summed E-state index contributed by atoms with van der Waals surface area (Å²) in [6.45, 7) is 3.57. The van der Waals surface area contributed by atoms with Gasteiger partial charge in [0.05, 0.1) is 20.8 Å². The Bertz CT molecular complexity index is 824. The van der Waals surface area contributed by atoms with Crippen LogP contribution in [0, 0.1) is 5.82 Å². The molecule has 0 aliphatic heterocycles. The normalized spacial score (nSPS) is 11.1. The quantitative estimate of drug-likeness (QED) is 0.414. The molecule has 2 rings (SSSR count). The molecular formula is C21H26FN3O3. The molecule has 0 spiro atoms. The molecule has 0 heterocycles. The summed E-state index contributed by atoms with van der Waals surface area (Å²) in [6.07, 6.45) is 0.548. The van der Waals surface area contributed by atoms with Crippen LogP contribution in [-0.2, 0) is 17.7 Å². The average molecular weight is 387 g/mol. The van der Waals surface area contributed by atoms with Gasteiger partial charge in [0.15, 0.2) is 5.96 Å². The van der Waals surface area contributed by atoms with Crippen LogP contribution in [0.5, 0.6) is 5.75 Å². The van der Waals surface area contributed by atoms with Gasteiger partial charge >= 0.3 is 5.97 Å². The lowest BCUT2D eigenvalue weighted by molar-refractivity contribution is 0.0597. The fourth-order valence-corrected chi connectivity index (χ4v) is 2.65. The largest absolute Gasteiger partial charge is 0.496 e. The molecule has 0 aromatic heterocycles. The third kappa shape index (κ3) is 5.97. The van der Waals surface area contributed by atoms with Crippen molar-refractivity contribution in [3.05, 3.63) is 65.0 Å². The zero-order chi connectivity index (χ0) is 20.4. The fourth-order valence-electron chi connectivity index (χ4n) is 2.65. The van der Waals surface area contributed by atoms with Crippen molar-refractivity contribution in [3.63, 3.8) is 0 Å². The predicted molar refractivity (Wildman–Crippen MR) is 107 cm³/mol. The maximum atomic E-state index is 13.7. The minimum atomic E-state index is -0.461. The summed E-state index contributed by atoms with van der Waals surface area (Å²) in [5, 5.41) is 6.35. The first kappa shape index (κ1) is 21.2. The number of hydrogen-bond donors (Lipinski definition) is 2. The van der Waals surface area contributed by atoms with Crippen LogP contribution >= 0.6 is 0 Å². The Balaban J connectivity index is 2.03. The van der Waals surface area contributed by atoms with E-state index in [1.807, 2.05) is 19.1 Å². The smallest absolute Gasteiger partial charge is 0.341 e. The van der Waals surface area contributed by atoms with Gasteiger partial charge in [-0.25, -0.2) is 14.2 Å². The Morgan fingerprint density at radius 2 is 1.93 bits per heavy atom. The van der Waals surface area contributed by atoms with E-state index in [2.05, 4.69) is 15.6 Å². The van der Waals surface area contributed by atoms with E-state index in [0.29, 0.717) is 48.9 Å². The number of hydrogen-bond acceptors (Lipinski definition) is 4. The number of methoxy groups -OCH3 is 2. The van der Waals surface area contributed by atoms with Crippen LogP contribution in [-0.4, -0.2) is 39.2 Å². The average Bonchev–Trinajstić information content (AvgIpc) is 2.72. The number of nitrogens with one attached hydrogen (secondary N) is 2. The van der Waals surface area contributed by atoms with Crippen molar-refractivity contribution in [1.82, 2.24) is 10.6 Å². The number of benzene rings is 2. The third-order valence-electron chi connectivity index (χ3n) is 4.08. The van der Waals surface area contributed by atoms with Crippen LogP contribution in [0.25, 0.3) is 0 Å². The molecule has 0 amide bonds. The predicted octanol–water partition coefficient (Wildman–Crippen LogP) is 2.92. The molecule has 28 heavy (non-hydrogen) atoms. The van der Waals surface area contributed by atoms with Gasteiger partial charge < -0.3 is 20.1 Å². The van der Waals surface area contributed by atoms with Crippen LogP contribution in [0.2, 0.25) is 0 Å². The minimum absolute atomic E-state index is 0.209.